The van der Waals surface area contributed by atoms with E-state index in [1.54, 1.807) is 12.1 Å². The van der Waals surface area contributed by atoms with Crippen molar-refractivity contribution in [3.8, 4) is 5.75 Å². The minimum Gasteiger partial charge on any atom is -0.489 e. The summed E-state index contributed by atoms with van der Waals surface area (Å²) in [6.07, 6.45) is 2.37. The molecule has 2 rings (SSSR count). The van der Waals surface area contributed by atoms with Crippen molar-refractivity contribution in [3.63, 3.8) is 0 Å². The molecule has 18 heavy (non-hydrogen) atoms. The van der Waals surface area contributed by atoms with Gasteiger partial charge < -0.3 is 10.5 Å². The summed E-state index contributed by atoms with van der Waals surface area (Å²) in [6, 6.07) is 3.55. The third-order valence-corrected chi connectivity index (χ3v) is 3.65. The highest BCUT2D eigenvalue weighted by Gasteiger charge is 2.25. The second-order valence-electron chi connectivity index (χ2n) is 4.11. The number of rotatable bonds is 4. The van der Waals surface area contributed by atoms with Crippen molar-refractivity contribution < 1.29 is 4.74 Å². The van der Waals surface area contributed by atoms with E-state index in [1.807, 2.05) is 6.07 Å². The highest BCUT2D eigenvalue weighted by Crippen LogP contribution is 2.40. The van der Waals surface area contributed by atoms with Crippen LogP contribution in [0.1, 0.15) is 17.9 Å². The van der Waals surface area contributed by atoms with Crippen LogP contribution >= 0.6 is 23.2 Å². The minimum absolute atomic E-state index is 0.135. The third-order valence-electron chi connectivity index (χ3n) is 2.83. The van der Waals surface area contributed by atoms with Crippen molar-refractivity contribution in [2.75, 3.05) is 13.2 Å². The topological polar surface area (TPSA) is 47.6 Å². The van der Waals surface area contributed by atoms with Crippen LogP contribution in [-0.4, -0.2) is 19.0 Å². The minimum atomic E-state index is 0.135. The van der Waals surface area contributed by atoms with Crippen LogP contribution in [0.15, 0.2) is 29.8 Å². The van der Waals surface area contributed by atoms with Crippen molar-refractivity contribution in [2.45, 2.75) is 12.3 Å². The van der Waals surface area contributed by atoms with Gasteiger partial charge in [-0.2, -0.15) is 0 Å². The van der Waals surface area contributed by atoms with Crippen LogP contribution in [0.5, 0.6) is 5.75 Å². The van der Waals surface area contributed by atoms with E-state index in [2.05, 4.69) is 11.6 Å². The molecule has 1 aromatic rings. The molecule has 1 heterocycles. The summed E-state index contributed by atoms with van der Waals surface area (Å²) < 4.78 is 5.62. The standard InChI is InChI=1S/C13H14Cl2N2O/c1-2-5-18-10-4-3-9(14)13(15)12(10)8-6-11(16)17-7-8/h2-4,8H,1,5-7H2,(H2,16,17)/t8-/m0/s1. The first-order valence-electron chi connectivity index (χ1n) is 5.64. The Kier molecular flexibility index (Phi) is 4.15. The van der Waals surface area contributed by atoms with Gasteiger partial charge in [0.25, 0.3) is 0 Å². The van der Waals surface area contributed by atoms with E-state index in [-0.39, 0.29) is 5.92 Å². The lowest BCUT2D eigenvalue weighted by Crippen LogP contribution is -2.10. The summed E-state index contributed by atoms with van der Waals surface area (Å²) in [6.45, 7) is 4.67. The van der Waals surface area contributed by atoms with Crippen LogP contribution in [0.25, 0.3) is 0 Å². The Balaban J connectivity index is 2.35. The number of hydrogen-bond acceptors (Lipinski definition) is 3. The summed E-state index contributed by atoms with van der Waals surface area (Å²) in [4.78, 5) is 4.20. The van der Waals surface area contributed by atoms with Gasteiger partial charge in [-0.05, 0) is 12.1 Å². The van der Waals surface area contributed by atoms with E-state index in [1.165, 1.54) is 0 Å². The number of benzene rings is 1. The number of nitrogens with zero attached hydrogens (tertiary/aromatic N) is 1. The molecule has 1 aliphatic heterocycles. The number of aliphatic imine (C=N–C) groups is 1. The molecule has 0 radical (unpaired) electrons. The fourth-order valence-corrected chi connectivity index (χ4v) is 2.48. The number of nitrogens with two attached hydrogens (primary N) is 1. The molecule has 3 nitrogen and oxygen atoms in total. The normalized spacial score (nSPS) is 18.6. The first-order valence-corrected chi connectivity index (χ1v) is 6.39. The predicted octanol–water partition coefficient (Wildman–Crippen LogP) is 3.40. The van der Waals surface area contributed by atoms with E-state index in [0.717, 1.165) is 11.3 Å². The number of halogens is 2. The monoisotopic (exact) mass is 284 g/mol. The van der Waals surface area contributed by atoms with Gasteiger partial charge in [0.05, 0.1) is 15.9 Å². The number of amidine groups is 1. The molecule has 0 saturated carbocycles. The molecule has 0 fully saturated rings. The second kappa shape index (κ2) is 5.63. The van der Waals surface area contributed by atoms with Crippen molar-refractivity contribution in [1.29, 1.82) is 0 Å². The van der Waals surface area contributed by atoms with Crippen LogP contribution in [0.3, 0.4) is 0 Å². The zero-order chi connectivity index (χ0) is 13.1. The first-order chi connectivity index (χ1) is 8.63. The van der Waals surface area contributed by atoms with Gasteiger partial charge in [0, 0.05) is 24.4 Å². The second-order valence-corrected chi connectivity index (χ2v) is 4.89. The average molecular weight is 285 g/mol. The number of ether oxygens (including phenoxy) is 1. The largest absolute Gasteiger partial charge is 0.489 e. The zero-order valence-electron chi connectivity index (χ0n) is 9.83. The molecular weight excluding hydrogens is 271 g/mol. The van der Waals surface area contributed by atoms with Crippen molar-refractivity contribution in [3.05, 3.63) is 40.4 Å². The Labute approximate surface area is 116 Å². The SMILES string of the molecule is C=CCOc1ccc(Cl)c(Cl)c1[C@@H]1CN=C(N)C1. The summed E-state index contributed by atoms with van der Waals surface area (Å²) >= 11 is 12.3. The Morgan fingerprint density at radius 3 is 2.89 bits per heavy atom. The maximum Gasteiger partial charge on any atom is 0.124 e. The fraction of sp³-hybridized carbons (Fsp3) is 0.308. The molecule has 0 aliphatic carbocycles. The molecule has 1 aromatic carbocycles. The van der Waals surface area contributed by atoms with Crippen LogP contribution in [0.2, 0.25) is 10.0 Å². The highest BCUT2D eigenvalue weighted by molar-refractivity contribution is 6.42. The van der Waals surface area contributed by atoms with Crippen LogP contribution in [0.4, 0.5) is 0 Å². The van der Waals surface area contributed by atoms with Gasteiger partial charge in [0.15, 0.2) is 0 Å². The molecule has 0 unspecified atom stereocenters. The summed E-state index contributed by atoms with van der Waals surface area (Å²) in [5.74, 6) is 1.50. The van der Waals surface area contributed by atoms with Crippen LogP contribution in [-0.2, 0) is 0 Å². The Hall–Kier alpha value is -1.19. The molecule has 0 bridgehead atoms. The molecule has 0 aromatic heterocycles. The molecule has 96 valence electrons. The molecule has 1 atom stereocenters. The Morgan fingerprint density at radius 1 is 1.50 bits per heavy atom. The highest BCUT2D eigenvalue weighted by atomic mass is 35.5. The molecule has 0 spiro atoms. The summed E-state index contributed by atoms with van der Waals surface area (Å²) in [5.41, 5.74) is 6.60. The lowest BCUT2D eigenvalue weighted by atomic mass is 9.96. The average Bonchev–Trinajstić information content (AvgIpc) is 2.77. The molecule has 0 saturated heterocycles. The van der Waals surface area contributed by atoms with E-state index in [9.17, 15) is 0 Å². The van der Waals surface area contributed by atoms with E-state index < -0.39 is 0 Å². The Bertz CT molecular complexity index is 500. The Morgan fingerprint density at radius 2 is 2.28 bits per heavy atom. The van der Waals surface area contributed by atoms with Gasteiger partial charge >= 0.3 is 0 Å². The van der Waals surface area contributed by atoms with Gasteiger partial charge in [-0.1, -0.05) is 35.9 Å². The van der Waals surface area contributed by atoms with Crippen molar-refractivity contribution in [2.24, 2.45) is 10.7 Å². The zero-order valence-corrected chi connectivity index (χ0v) is 11.3. The molecule has 5 heteroatoms. The molecular formula is C13H14Cl2N2O. The van der Waals surface area contributed by atoms with Crippen molar-refractivity contribution in [1.82, 2.24) is 0 Å². The maximum absolute atomic E-state index is 6.28. The van der Waals surface area contributed by atoms with Gasteiger partial charge in [0.2, 0.25) is 0 Å². The summed E-state index contributed by atoms with van der Waals surface area (Å²) in [5, 5.41) is 1.04. The van der Waals surface area contributed by atoms with Gasteiger partial charge in [-0.15, -0.1) is 0 Å². The predicted molar refractivity (Wildman–Crippen MR) is 76.0 cm³/mol. The first kappa shape index (κ1) is 13.2. The fourth-order valence-electron chi connectivity index (χ4n) is 2.01. The lowest BCUT2D eigenvalue weighted by Gasteiger charge is -2.17. The van der Waals surface area contributed by atoms with Crippen LogP contribution < -0.4 is 10.5 Å². The molecule has 2 N–H and O–H groups in total. The quantitative estimate of drug-likeness (QED) is 0.862. The molecule has 0 amide bonds. The van der Waals surface area contributed by atoms with Crippen LogP contribution in [0, 0.1) is 0 Å². The van der Waals surface area contributed by atoms with E-state index >= 15 is 0 Å². The smallest absolute Gasteiger partial charge is 0.124 e. The van der Waals surface area contributed by atoms with E-state index in [0.29, 0.717) is 35.5 Å². The third kappa shape index (κ3) is 2.62. The number of hydrogen-bond donors (Lipinski definition) is 1. The van der Waals surface area contributed by atoms with Crippen molar-refractivity contribution >= 4 is 29.0 Å². The molecule has 1 aliphatic rings. The van der Waals surface area contributed by atoms with Gasteiger partial charge in [-0.25, -0.2) is 0 Å². The maximum atomic E-state index is 6.28. The lowest BCUT2D eigenvalue weighted by molar-refractivity contribution is 0.357. The van der Waals surface area contributed by atoms with Gasteiger partial charge in [-0.3, -0.25) is 4.99 Å². The summed E-state index contributed by atoms with van der Waals surface area (Å²) in [7, 11) is 0. The van der Waals surface area contributed by atoms with E-state index in [4.69, 9.17) is 33.7 Å². The van der Waals surface area contributed by atoms with Gasteiger partial charge in [0.1, 0.15) is 12.4 Å².